The number of fused-ring (bicyclic) bond motifs is 1. The summed E-state index contributed by atoms with van der Waals surface area (Å²) in [5.41, 5.74) is 4.22. The second-order valence-electron chi connectivity index (χ2n) is 11.3. The molecule has 0 N–H and O–H groups in total. The Hall–Kier alpha value is -3.56. The molecular formula is C32H37FN4O3S. The third-order valence-electron chi connectivity index (χ3n) is 8.28. The van der Waals surface area contributed by atoms with E-state index in [0.29, 0.717) is 22.1 Å². The van der Waals surface area contributed by atoms with Gasteiger partial charge in [0.25, 0.3) is 5.91 Å². The number of carbonyl (C=O) groups is 1. The fourth-order valence-corrected chi connectivity index (χ4v) is 6.23. The minimum absolute atomic E-state index is 0.0192. The van der Waals surface area contributed by atoms with Crippen molar-refractivity contribution in [3.63, 3.8) is 0 Å². The van der Waals surface area contributed by atoms with E-state index in [4.69, 9.17) is 0 Å². The van der Waals surface area contributed by atoms with Gasteiger partial charge < -0.3 is 14.4 Å². The highest BCUT2D eigenvalue weighted by Crippen LogP contribution is 2.36. The minimum atomic E-state index is -3.19. The van der Waals surface area contributed by atoms with Gasteiger partial charge in [-0.05, 0) is 99.6 Å². The molecule has 9 heteroatoms. The fraction of sp³-hybridized carbons (Fsp3) is 0.375. The zero-order valence-electron chi connectivity index (χ0n) is 24.0. The van der Waals surface area contributed by atoms with Crippen LogP contribution in [-0.4, -0.2) is 72.7 Å². The summed E-state index contributed by atoms with van der Waals surface area (Å²) in [6, 6.07) is 13.6. The number of carbonyl (C=O) groups excluding carboxylic acids is 1. The number of sulfone groups is 1. The smallest absolute Gasteiger partial charge is 0.256 e. The number of benzene rings is 2. The molecule has 0 spiro atoms. The number of likely N-dealkylation sites (tertiary alicyclic amines) is 1. The van der Waals surface area contributed by atoms with Gasteiger partial charge in [0.15, 0.2) is 9.84 Å². The van der Waals surface area contributed by atoms with E-state index in [-0.39, 0.29) is 11.9 Å². The van der Waals surface area contributed by atoms with Gasteiger partial charge in [0.1, 0.15) is 5.82 Å². The molecule has 3 heterocycles. The van der Waals surface area contributed by atoms with Crippen LogP contribution < -0.4 is 0 Å². The van der Waals surface area contributed by atoms with Crippen LogP contribution in [0.4, 0.5) is 4.39 Å². The monoisotopic (exact) mass is 576 g/mol. The van der Waals surface area contributed by atoms with Gasteiger partial charge in [-0.15, -0.1) is 0 Å². The summed E-state index contributed by atoms with van der Waals surface area (Å²) in [6.45, 7) is 6.71. The number of pyridine rings is 1. The summed E-state index contributed by atoms with van der Waals surface area (Å²) in [4.78, 5) is 22.1. The molecule has 5 rings (SSSR count). The van der Waals surface area contributed by atoms with Crippen molar-refractivity contribution in [1.82, 2.24) is 19.4 Å². The van der Waals surface area contributed by atoms with E-state index in [2.05, 4.69) is 16.1 Å². The van der Waals surface area contributed by atoms with Crippen LogP contribution in [0.1, 0.15) is 54.1 Å². The lowest BCUT2D eigenvalue weighted by molar-refractivity contribution is 0.0754. The van der Waals surface area contributed by atoms with Crippen molar-refractivity contribution in [2.45, 2.75) is 50.0 Å². The van der Waals surface area contributed by atoms with E-state index in [1.165, 1.54) is 24.0 Å². The third-order valence-corrected chi connectivity index (χ3v) is 9.41. The largest absolute Gasteiger partial charge is 0.339 e. The van der Waals surface area contributed by atoms with Crippen molar-refractivity contribution >= 4 is 26.6 Å². The molecule has 0 bridgehead atoms. The fourth-order valence-electron chi connectivity index (χ4n) is 5.60. The third kappa shape index (κ3) is 6.21. The van der Waals surface area contributed by atoms with Gasteiger partial charge >= 0.3 is 0 Å². The van der Waals surface area contributed by atoms with E-state index in [1.807, 2.05) is 42.8 Å². The summed E-state index contributed by atoms with van der Waals surface area (Å²) in [5, 5.41) is 1.10. The average Bonchev–Trinajstić information content (AvgIpc) is 3.35. The maximum Gasteiger partial charge on any atom is 0.256 e. The summed E-state index contributed by atoms with van der Waals surface area (Å²) >= 11 is 0. The van der Waals surface area contributed by atoms with Crippen LogP contribution in [0.15, 0.2) is 72.0 Å². The van der Waals surface area contributed by atoms with Gasteiger partial charge in [0, 0.05) is 43.7 Å². The highest BCUT2D eigenvalue weighted by Gasteiger charge is 2.26. The lowest BCUT2D eigenvalue weighted by atomic mass is 9.89. The molecule has 0 radical (unpaired) electrons. The second-order valence-corrected chi connectivity index (χ2v) is 13.3. The molecule has 216 valence electrons. The molecule has 7 nitrogen and oxygen atoms in total. The first-order valence-corrected chi connectivity index (χ1v) is 16.0. The molecule has 1 amide bonds. The Balaban J connectivity index is 1.35. The number of aromatic nitrogens is 2. The molecule has 0 unspecified atom stereocenters. The van der Waals surface area contributed by atoms with Crippen molar-refractivity contribution in [1.29, 1.82) is 0 Å². The van der Waals surface area contributed by atoms with E-state index >= 15 is 0 Å². The standard InChI is InChI=1S/C32H37FN4O3S/c1-22(2)35(3)32(38)28-19-25(33)7-10-30(28)37-21-29(27-11-15-34-20-31(27)37)24-13-17-36(18-14-24)16-12-23-5-8-26(9-6-23)41(4,39)40/h5-11,15,19-22,24H,12-14,16-18H2,1-4H3. The van der Waals surface area contributed by atoms with Gasteiger partial charge in [0.05, 0.1) is 27.9 Å². The van der Waals surface area contributed by atoms with Gasteiger partial charge in [-0.2, -0.15) is 0 Å². The van der Waals surface area contributed by atoms with E-state index in [9.17, 15) is 17.6 Å². The van der Waals surface area contributed by atoms with Crippen molar-refractivity contribution in [2.75, 3.05) is 32.9 Å². The van der Waals surface area contributed by atoms with Crippen molar-refractivity contribution in [2.24, 2.45) is 0 Å². The van der Waals surface area contributed by atoms with Crippen LogP contribution in [0.5, 0.6) is 0 Å². The highest BCUT2D eigenvalue weighted by atomic mass is 32.2. The number of halogens is 1. The molecule has 2 aromatic carbocycles. The van der Waals surface area contributed by atoms with Crippen molar-refractivity contribution in [3.05, 3.63) is 89.6 Å². The SMILES string of the molecule is CC(C)N(C)C(=O)c1cc(F)ccc1-n1cc(C2CCN(CCc3ccc(S(C)(=O)=O)cc3)CC2)c2ccncc21. The topological polar surface area (TPSA) is 75.5 Å². The van der Waals surface area contributed by atoms with Crippen LogP contribution in [0.2, 0.25) is 0 Å². The number of amides is 1. The molecule has 0 aliphatic carbocycles. The summed E-state index contributed by atoms with van der Waals surface area (Å²) in [5.74, 6) is -0.312. The zero-order valence-corrected chi connectivity index (χ0v) is 24.9. The van der Waals surface area contributed by atoms with Gasteiger partial charge in [0.2, 0.25) is 0 Å². The number of nitrogens with zero attached hydrogens (tertiary/aromatic N) is 4. The molecule has 1 aliphatic heterocycles. The maximum atomic E-state index is 14.3. The average molecular weight is 577 g/mol. The predicted octanol–water partition coefficient (Wildman–Crippen LogP) is 5.47. The molecule has 1 fully saturated rings. The van der Waals surface area contributed by atoms with Crippen LogP contribution >= 0.6 is 0 Å². The van der Waals surface area contributed by atoms with Crippen LogP contribution in [-0.2, 0) is 16.3 Å². The molecule has 2 aromatic heterocycles. The first-order chi connectivity index (χ1) is 19.5. The summed E-state index contributed by atoms with van der Waals surface area (Å²) < 4.78 is 39.8. The van der Waals surface area contributed by atoms with E-state index in [1.54, 1.807) is 36.3 Å². The lowest BCUT2D eigenvalue weighted by Gasteiger charge is -2.32. The number of piperidine rings is 1. The molecular weight excluding hydrogens is 539 g/mol. The molecule has 41 heavy (non-hydrogen) atoms. The Morgan fingerprint density at radius 1 is 1.10 bits per heavy atom. The Bertz CT molecular complexity index is 1660. The number of hydrogen-bond donors (Lipinski definition) is 0. The number of hydrogen-bond acceptors (Lipinski definition) is 5. The van der Waals surface area contributed by atoms with Gasteiger partial charge in [-0.1, -0.05) is 12.1 Å². The zero-order chi connectivity index (χ0) is 29.3. The normalized spacial score (nSPS) is 15.1. The minimum Gasteiger partial charge on any atom is -0.339 e. The van der Waals surface area contributed by atoms with E-state index < -0.39 is 15.7 Å². The maximum absolute atomic E-state index is 14.3. The van der Waals surface area contributed by atoms with Crippen molar-refractivity contribution < 1.29 is 17.6 Å². The highest BCUT2D eigenvalue weighted by molar-refractivity contribution is 7.90. The van der Waals surface area contributed by atoms with E-state index in [0.717, 1.165) is 55.4 Å². The molecule has 0 saturated carbocycles. The summed E-state index contributed by atoms with van der Waals surface area (Å²) in [6.07, 6.45) is 9.81. The Kier molecular flexibility index (Phi) is 8.29. The molecule has 1 saturated heterocycles. The van der Waals surface area contributed by atoms with Crippen LogP contribution in [0.3, 0.4) is 0 Å². The molecule has 4 aromatic rings. The first-order valence-electron chi connectivity index (χ1n) is 14.1. The van der Waals surface area contributed by atoms with Gasteiger partial charge in [-0.25, -0.2) is 12.8 Å². The number of rotatable bonds is 8. The Labute approximate surface area is 241 Å². The molecule has 1 aliphatic rings. The van der Waals surface area contributed by atoms with Crippen LogP contribution in [0.25, 0.3) is 16.6 Å². The van der Waals surface area contributed by atoms with Crippen LogP contribution in [0, 0.1) is 5.82 Å². The van der Waals surface area contributed by atoms with Crippen molar-refractivity contribution in [3.8, 4) is 5.69 Å². The predicted molar refractivity (Wildman–Crippen MR) is 160 cm³/mol. The second kappa shape index (κ2) is 11.7. The van der Waals surface area contributed by atoms with Gasteiger partial charge in [-0.3, -0.25) is 9.78 Å². The summed E-state index contributed by atoms with van der Waals surface area (Å²) in [7, 11) is -1.45. The first kappa shape index (κ1) is 29.0. The lowest BCUT2D eigenvalue weighted by Crippen LogP contribution is -2.34. The molecule has 0 atom stereocenters. The Morgan fingerprint density at radius 3 is 2.46 bits per heavy atom. The quantitative estimate of drug-likeness (QED) is 0.278. The Morgan fingerprint density at radius 2 is 1.80 bits per heavy atom.